The Balaban J connectivity index is 1.22. The Bertz CT molecular complexity index is 757. The van der Waals surface area contributed by atoms with Crippen LogP contribution in [-0.4, -0.2) is 71.9 Å². The first-order valence-corrected chi connectivity index (χ1v) is 10.8. The van der Waals surface area contributed by atoms with E-state index in [9.17, 15) is 14.0 Å². The maximum absolute atomic E-state index is 13.3. The molecule has 3 amide bonds. The highest BCUT2D eigenvalue weighted by atomic mass is 19.1. The maximum Gasteiger partial charge on any atom is 0.322 e. The summed E-state index contributed by atoms with van der Waals surface area (Å²) in [5, 5.41) is 2.69. The van der Waals surface area contributed by atoms with E-state index in [0.717, 1.165) is 19.5 Å². The van der Waals surface area contributed by atoms with E-state index in [-0.39, 0.29) is 11.9 Å². The number of anilines is 1. The lowest BCUT2D eigenvalue weighted by Gasteiger charge is -2.39. The van der Waals surface area contributed by atoms with Crippen LogP contribution in [0.2, 0.25) is 0 Å². The number of piperidine rings is 1. The predicted molar refractivity (Wildman–Crippen MR) is 110 cm³/mol. The van der Waals surface area contributed by atoms with E-state index in [2.05, 4.69) is 10.2 Å². The normalized spacial score (nSPS) is 24.1. The zero-order valence-electron chi connectivity index (χ0n) is 17.2. The molecule has 3 aliphatic rings. The van der Waals surface area contributed by atoms with Crippen molar-refractivity contribution in [3.8, 4) is 0 Å². The molecule has 0 bridgehead atoms. The molecule has 2 heterocycles. The number of carbonyl (C=O) groups excluding carboxylic acids is 2. The Morgan fingerprint density at radius 2 is 1.90 bits per heavy atom. The SMILES string of the molecule is CC1C(=O)N(CCCN2CCC3(CC2)CC3)CCN1C(=O)Nc1cccc(F)c1. The van der Waals surface area contributed by atoms with Gasteiger partial charge in [0.1, 0.15) is 11.9 Å². The van der Waals surface area contributed by atoms with Crippen LogP contribution >= 0.6 is 0 Å². The zero-order chi connectivity index (χ0) is 20.4. The molecule has 4 rings (SSSR count). The summed E-state index contributed by atoms with van der Waals surface area (Å²) in [5.41, 5.74) is 1.09. The molecule has 0 aromatic heterocycles. The molecule has 1 aromatic rings. The Kier molecular flexibility index (Phi) is 5.76. The largest absolute Gasteiger partial charge is 0.339 e. The average molecular weight is 403 g/mol. The van der Waals surface area contributed by atoms with Gasteiger partial charge >= 0.3 is 6.03 Å². The minimum absolute atomic E-state index is 0.0128. The van der Waals surface area contributed by atoms with Crippen molar-refractivity contribution < 1.29 is 14.0 Å². The summed E-state index contributed by atoms with van der Waals surface area (Å²) >= 11 is 0. The second-order valence-corrected chi connectivity index (χ2v) is 8.83. The van der Waals surface area contributed by atoms with Crippen molar-refractivity contribution in [2.75, 3.05) is 44.6 Å². The van der Waals surface area contributed by atoms with Gasteiger partial charge in [-0.1, -0.05) is 6.07 Å². The van der Waals surface area contributed by atoms with Crippen LogP contribution in [0.5, 0.6) is 0 Å². The van der Waals surface area contributed by atoms with E-state index in [1.807, 2.05) is 4.90 Å². The number of urea groups is 1. The lowest BCUT2D eigenvalue weighted by Crippen LogP contribution is -2.58. The van der Waals surface area contributed by atoms with E-state index < -0.39 is 11.9 Å². The second kappa shape index (κ2) is 8.30. The van der Waals surface area contributed by atoms with Crippen LogP contribution in [0, 0.1) is 11.2 Å². The molecule has 1 unspecified atom stereocenters. The fourth-order valence-electron chi connectivity index (χ4n) is 4.60. The highest BCUT2D eigenvalue weighted by molar-refractivity contribution is 5.94. The van der Waals surface area contributed by atoms with E-state index in [1.54, 1.807) is 19.1 Å². The van der Waals surface area contributed by atoms with Crippen LogP contribution in [0.1, 0.15) is 39.0 Å². The number of hydrogen-bond donors (Lipinski definition) is 1. The molecule has 6 nitrogen and oxygen atoms in total. The molecular weight excluding hydrogens is 371 g/mol. The molecule has 2 saturated heterocycles. The zero-order valence-corrected chi connectivity index (χ0v) is 17.2. The lowest BCUT2D eigenvalue weighted by atomic mass is 9.94. The molecule has 1 atom stereocenters. The van der Waals surface area contributed by atoms with Crippen molar-refractivity contribution in [2.45, 2.75) is 45.1 Å². The highest BCUT2D eigenvalue weighted by Crippen LogP contribution is 2.53. The third-order valence-corrected chi connectivity index (χ3v) is 6.86. The summed E-state index contributed by atoms with van der Waals surface area (Å²) in [6.45, 7) is 6.96. The molecule has 1 N–H and O–H groups in total. The van der Waals surface area contributed by atoms with Crippen LogP contribution < -0.4 is 5.32 Å². The molecule has 0 radical (unpaired) electrons. The van der Waals surface area contributed by atoms with Crippen molar-refractivity contribution in [1.82, 2.24) is 14.7 Å². The summed E-state index contributed by atoms with van der Waals surface area (Å²) in [4.78, 5) is 31.2. The molecule has 1 saturated carbocycles. The first-order chi connectivity index (χ1) is 14.0. The van der Waals surface area contributed by atoms with Crippen molar-refractivity contribution in [1.29, 1.82) is 0 Å². The summed E-state index contributed by atoms with van der Waals surface area (Å²) in [5.74, 6) is -0.418. The number of hydrogen-bond acceptors (Lipinski definition) is 3. The van der Waals surface area contributed by atoms with Gasteiger partial charge in [-0.3, -0.25) is 4.79 Å². The van der Waals surface area contributed by atoms with Gasteiger partial charge in [0.15, 0.2) is 0 Å². The van der Waals surface area contributed by atoms with Gasteiger partial charge in [0.25, 0.3) is 0 Å². The van der Waals surface area contributed by atoms with Crippen molar-refractivity contribution in [3.63, 3.8) is 0 Å². The summed E-state index contributed by atoms with van der Waals surface area (Å²) in [7, 11) is 0. The summed E-state index contributed by atoms with van der Waals surface area (Å²) in [6.07, 6.45) is 6.49. The third-order valence-electron chi connectivity index (χ3n) is 6.86. The molecule has 1 aliphatic carbocycles. The van der Waals surface area contributed by atoms with Gasteiger partial charge in [0.05, 0.1) is 0 Å². The molecule has 1 spiro atoms. The molecule has 3 fully saturated rings. The number of nitrogens with one attached hydrogen (secondary N) is 1. The quantitative estimate of drug-likeness (QED) is 0.823. The highest BCUT2D eigenvalue weighted by Gasteiger charge is 2.44. The van der Waals surface area contributed by atoms with E-state index in [0.29, 0.717) is 24.2 Å². The second-order valence-electron chi connectivity index (χ2n) is 8.83. The smallest absolute Gasteiger partial charge is 0.322 e. The van der Waals surface area contributed by atoms with Crippen LogP contribution in [0.3, 0.4) is 0 Å². The van der Waals surface area contributed by atoms with Crippen LogP contribution in [0.15, 0.2) is 24.3 Å². The van der Waals surface area contributed by atoms with Gasteiger partial charge in [-0.25, -0.2) is 9.18 Å². The summed E-state index contributed by atoms with van der Waals surface area (Å²) in [6, 6.07) is 4.90. The number of nitrogens with zero attached hydrogens (tertiary/aromatic N) is 3. The van der Waals surface area contributed by atoms with Gasteiger partial charge in [0.2, 0.25) is 5.91 Å². The molecular formula is C22H31FN4O2. The van der Waals surface area contributed by atoms with Crippen LogP contribution in [0.25, 0.3) is 0 Å². The number of amides is 3. The van der Waals surface area contributed by atoms with Crippen LogP contribution in [0.4, 0.5) is 14.9 Å². The molecule has 1 aromatic carbocycles. The third kappa shape index (κ3) is 4.71. The fourth-order valence-corrected chi connectivity index (χ4v) is 4.60. The number of likely N-dealkylation sites (tertiary alicyclic amines) is 1. The number of halogens is 1. The Hall–Kier alpha value is -2.15. The van der Waals surface area contributed by atoms with E-state index in [1.165, 1.54) is 55.8 Å². The number of piperazine rings is 1. The standard InChI is InChI=1S/C22H31FN4O2/c1-17-20(28)26(11-3-10-25-12-8-22(6-7-22)9-13-25)14-15-27(17)21(29)24-19-5-2-4-18(23)16-19/h2,4-5,16-17H,3,6-15H2,1H3,(H,24,29). The summed E-state index contributed by atoms with van der Waals surface area (Å²) < 4.78 is 13.3. The van der Waals surface area contributed by atoms with Gasteiger partial charge in [-0.05, 0) is 82.3 Å². The van der Waals surface area contributed by atoms with Gasteiger partial charge in [-0.15, -0.1) is 0 Å². The molecule has 7 heteroatoms. The predicted octanol–water partition coefficient (Wildman–Crippen LogP) is 3.16. The van der Waals surface area contributed by atoms with Crippen molar-refractivity contribution >= 4 is 17.6 Å². The number of benzene rings is 1. The first kappa shape index (κ1) is 20.1. The Morgan fingerprint density at radius 3 is 2.59 bits per heavy atom. The topological polar surface area (TPSA) is 55.9 Å². The molecule has 29 heavy (non-hydrogen) atoms. The number of carbonyl (C=O) groups is 2. The van der Waals surface area contributed by atoms with Crippen LogP contribution in [-0.2, 0) is 4.79 Å². The monoisotopic (exact) mass is 402 g/mol. The lowest BCUT2D eigenvalue weighted by molar-refractivity contribution is -0.139. The number of rotatable bonds is 5. The van der Waals surface area contributed by atoms with Gasteiger partial charge < -0.3 is 20.0 Å². The van der Waals surface area contributed by atoms with E-state index in [4.69, 9.17) is 0 Å². The average Bonchev–Trinajstić information content (AvgIpc) is 3.46. The molecule has 2 aliphatic heterocycles. The maximum atomic E-state index is 13.3. The van der Waals surface area contributed by atoms with Gasteiger partial charge in [-0.2, -0.15) is 0 Å². The van der Waals surface area contributed by atoms with E-state index >= 15 is 0 Å². The Morgan fingerprint density at radius 1 is 1.14 bits per heavy atom. The minimum Gasteiger partial charge on any atom is -0.339 e. The molecule has 158 valence electrons. The Labute approximate surface area is 172 Å². The first-order valence-electron chi connectivity index (χ1n) is 10.8. The van der Waals surface area contributed by atoms with Gasteiger partial charge in [0, 0.05) is 25.3 Å². The fraction of sp³-hybridized carbons (Fsp3) is 0.636. The van der Waals surface area contributed by atoms with Crippen molar-refractivity contribution in [3.05, 3.63) is 30.1 Å². The van der Waals surface area contributed by atoms with Crippen molar-refractivity contribution in [2.24, 2.45) is 5.41 Å². The minimum atomic E-state index is -0.512.